The van der Waals surface area contributed by atoms with Crippen LogP contribution in [0.2, 0.25) is 5.02 Å². The van der Waals surface area contributed by atoms with Crippen molar-refractivity contribution in [2.24, 2.45) is 0 Å². The van der Waals surface area contributed by atoms with E-state index in [4.69, 9.17) is 11.6 Å². The van der Waals surface area contributed by atoms with Crippen LogP contribution in [0.1, 0.15) is 5.69 Å². The Kier molecular flexibility index (Phi) is 4.37. The monoisotopic (exact) mass is 422 g/mol. The van der Waals surface area contributed by atoms with E-state index in [0.717, 1.165) is 11.3 Å². The number of thiophene rings is 1. The molecule has 138 valence electrons. The van der Waals surface area contributed by atoms with Crippen LogP contribution in [-0.2, 0) is 10.0 Å². The van der Waals surface area contributed by atoms with Crippen LogP contribution in [0.4, 0.5) is 10.1 Å². The SMILES string of the molecule is Cc1cc(NS(=O)(=O)c2cccc(Cl)c2)c2c(F)c(-c3cn[nH]c3)sc2n1. The summed E-state index contributed by atoms with van der Waals surface area (Å²) in [6.07, 6.45) is 3.06. The van der Waals surface area contributed by atoms with Gasteiger partial charge in [-0.15, -0.1) is 11.3 Å². The van der Waals surface area contributed by atoms with Crippen molar-refractivity contribution in [3.8, 4) is 10.4 Å². The molecule has 0 radical (unpaired) electrons. The number of aryl methyl sites for hydroxylation is 1. The number of hydrogen-bond donors (Lipinski definition) is 2. The number of benzene rings is 1. The number of pyridine rings is 1. The fourth-order valence-electron chi connectivity index (χ4n) is 2.66. The van der Waals surface area contributed by atoms with Gasteiger partial charge >= 0.3 is 0 Å². The summed E-state index contributed by atoms with van der Waals surface area (Å²) in [6.45, 7) is 1.71. The molecule has 2 N–H and O–H groups in total. The number of nitrogens with one attached hydrogen (secondary N) is 2. The van der Waals surface area contributed by atoms with E-state index < -0.39 is 15.8 Å². The lowest BCUT2D eigenvalue weighted by Crippen LogP contribution is -2.13. The summed E-state index contributed by atoms with van der Waals surface area (Å²) < 4.78 is 43.0. The highest BCUT2D eigenvalue weighted by atomic mass is 35.5. The minimum Gasteiger partial charge on any atom is -0.285 e. The summed E-state index contributed by atoms with van der Waals surface area (Å²) >= 11 is 7.02. The predicted octanol–water partition coefficient (Wildman–Crippen LogP) is 4.59. The van der Waals surface area contributed by atoms with Crippen LogP contribution < -0.4 is 4.72 Å². The number of H-pyrrole nitrogens is 1. The lowest BCUT2D eigenvalue weighted by atomic mass is 10.2. The average molecular weight is 423 g/mol. The smallest absolute Gasteiger partial charge is 0.261 e. The summed E-state index contributed by atoms with van der Waals surface area (Å²) in [5.74, 6) is -0.548. The number of anilines is 1. The van der Waals surface area contributed by atoms with Crippen LogP contribution in [-0.4, -0.2) is 23.6 Å². The molecule has 3 aromatic heterocycles. The lowest BCUT2D eigenvalue weighted by molar-refractivity contribution is 0.601. The number of nitrogens with zero attached hydrogens (tertiary/aromatic N) is 2. The minimum absolute atomic E-state index is 0.0108. The third-order valence-electron chi connectivity index (χ3n) is 3.84. The maximum absolute atomic E-state index is 15.1. The Bertz CT molecular complexity index is 1250. The standard InChI is InChI=1S/C17H12ClFN4O2S2/c1-9-5-13(23-27(24,25)12-4-2-3-11(18)6-12)14-15(19)16(26-17(14)22-9)10-7-20-21-8-10/h2-8H,1H3,(H,20,21)(H,22,23). The van der Waals surface area contributed by atoms with Gasteiger partial charge in [-0.1, -0.05) is 17.7 Å². The van der Waals surface area contributed by atoms with Gasteiger partial charge in [0.1, 0.15) is 4.83 Å². The molecular weight excluding hydrogens is 411 g/mol. The number of aromatic nitrogens is 3. The van der Waals surface area contributed by atoms with Gasteiger partial charge in [-0.05, 0) is 31.2 Å². The third-order valence-corrected chi connectivity index (χ3v) is 6.55. The minimum atomic E-state index is -3.95. The maximum Gasteiger partial charge on any atom is 0.261 e. The fraction of sp³-hybridized carbons (Fsp3) is 0.0588. The Labute approximate surface area is 163 Å². The van der Waals surface area contributed by atoms with Gasteiger partial charge in [-0.2, -0.15) is 5.10 Å². The van der Waals surface area contributed by atoms with E-state index in [0.29, 0.717) is 21.0 Å². The molecule has 4 rings (SSSR count). The highest BCUT2D eigenvalue weighted by Gasteiger charge is 2.22. The molecule has 0 aliphatic rings. The van der Waals surface area contributed by atoms with Crippen LogP contribution >= 0.6 is 22.9 Å². The third kappa shape index (κ3) is 3.29. The van der Waals surface area contributed by atoms with Crippen molar-refractivity contribution >= 4 is 48.9 Å². The van der Waals surface area contributed by atoms with E-state index in [1.165, 1.54) is 30.5 Å². The summed E-state index contributed by atoms with van der Waals surface area (Å²) in [6, 6.07) is 7.35. The molecule has 0 unspecified atom stereocenters. The van der Waals surface area contributed by atoms with Gasteiger partial charge < -0.3 is 0 Å². The first-order valence-corrected chi connectivity index (χ1v) is 10.4. The highest BCUT2D eigenvalue weighted by molar-refractivity contribution is 7.92. The van der Waals surface area contributed by atoms with Gasteiger partial charge in [-0.3, -0.25) is 9.82 Å². The van der Waals surface area contributed by atoms with Gasteiger partial charge in [0.05, 0.1) is 27.0 Å². The number of aromatic amines is 1. The van der Waals surface area contributed by atoms with Crippen molar-refractivity contribution in [2.75, 3.05) is 4.72 Å². The molecule has 1 aromatic carbocycles. The largest absolute Gasteiger partial charge is 0.285 e. The quantitative estimate of drug-likeness (QED) is 0.503. The Morgan fingerprint density at radius 2 is 2.11 bits per heavy atom. The molecule has 10 heteroatoms. The van der Waals surface area contributed by atoms with E-state index >= 15 is 4.39 Å². The molecule has 0 fully saturated rings. The van der Waals surface area contributed by atoms with Crippen molar-refractivity contribution in [1.29, 1.82) is 0 Å². The molecule has 3 heterocycles. The average Bonchev–Trinajstić information content (AvgIpc) is 3.22. The van der Waals surface area contributed by atoms with Crippen molar-refractivity contribution in [1.82, 2.24) is 15.2 Å². The Hall–Kier alpha value is -2.49. The first kappa shape index (κ1) is 17.9. The first-order chi connectivity index (χ1) is 12.8. The maximum atomic E-state index is 15.1. The molecule has 27 heavy (non-hydrogen) atoms. The summed E-state index contributed by atoms with van der Waals surface area (Å²) in [5.41, 5.74) is 1.25. The van der Waals surface area contributed by atoms with Crippen molar-refractivity contribution in [3.63, 3.8) is 0 Å². The van der Waals surface area contributed by atoms with Crippen molar-refractivity contribution in [3.05, 3.63) is 59.3 Å². The Morgan fingerprint density at radius 3 is 2.81 bits per heavy atom. The molecule has 0 spiro atoms. The van der Waals surface area contributed by atoms with Gasteiger partial charge in [0, 0.05) is 22.5 Å². The number of fused-ring (bicyclic) bond motifs is 1. The zero-order valence-electron chi connectivity index (χ0n) is 13.8. The summed E-state index contributed by atoms with van der Waals surface area (Å²) in [4.78, 5) is 5.05. The lowest BCUT2D eigenvalue weighted by Gasteiger charge is -2.10. The van der Waals surface area contributed by atoms with E-state index in [1.54, 1.807) is 19.2 Å². The highest BCUT2D eigenvalue weighted by Crippen LogP contribution is 2.40. The number of halogens is 2. The number of sulfonamides is 1. The molecule has 0 aliphatic heterocycles. The van der Waals surface area contributed by atoms with Gasteiger partial charge in [0.15, 0.2) is 5.82 Å². The molecular formula is C17H12ClFN4O2S2. The van der Waals surface area contributed by atoms with E-state index in [1.807, 2.05) is 0 Å². The number of hydrogen-bond acceptors (Lipinski definition) is 5. The Morgan fingerprint density at radius 1 is 1.30 bits per heavy atom. The van der Waals surface area contributed by atoms with Gasteiger partial charge in [-0.25, -0.2) is 17.8 Å². The predicted molar refractivity (Wildman–Crippen MR) is 104 cm³/mol. The topological polar surface area (TPSA) is 87.7 Å². The van der Waals surface area contributed by atoms with Gasteiger partial charge in [0.25, 0.3) is 10.0 Å². The normalized spacial score (nSPS) is 11.8. The molecule has 0 saturated heterocycles. The second-order valence-electron chi connectivity index (χ2n) is 5.79. The van der Waals surface area contributed by atoms with Gasteiger partial charge in [0.2, 0.25) is 0 Å². The van der Waals surface area contributed by atoms with Crippen molar-refractivity contribution in [2.45, 2.75) is 11.8 Å². The molecule has 0 aliphatic carbocycles. The van der Waals surface area contributed by atoms with Crippen LogP contribution in [0, 0.1) is 12.7 Å². The molecule has 4 aromatic rings. The van der Waals surface area contributed by atoms with Crippen LogP contribution in [0.3, 0.4) is 0 Å². The molecule has 0 atom stereocenters. The van der Waals surface area contributed by atoms with Crippen molar-refractivity contribution < 1.29 is 12.8 Å². The first-order valence-electron chi connectivity index (χ1n) is 7.72. The second kappa shape index (κ2) is 6.59. The molecule has 0 bridgehead atoms. The Balaban J connectivity index is 1.87. The van der Waals surface area contributed by atoms with Crippen LogP contribution in [0.25, 0.3) is 20.7 Å². The zero-order valence-corrected chi connectivity index (χ0v) is 16.2. The van der Waals surface area contributed by atoms with E-state index in [9.17, 15) is 8.42 Å². The fourth-order valence-corrected chi connectivity index (χ4v) is 5.13. The molecule has 0 saturated carbocycles. The second-order valence-corrected chi connectivity index (χ2v) is 8.90. The molecule has 6 nitrogen and oxygen atoms in total. The van der Waals surface area contributed by atoms with E-state index in [-0.39, 0.29) is 21.0 Å². The summed E-state index contributed by atoms with van der Waals surface area (Å²) in [7, 11) is -3.95. The van der Waals surface area contributed by atoms with E-state index in [2.05, 4.69) is 19.9 Å². The summed E-state index contributed by atoms with van der Waals surface area (Å²) in [5, 5.41) is 6.87. The number of rotatable bonds is 4. The molecule has 0 amide bonds. The van der Waals surface area contributed by atoms with Crippen LogP contribution in [0.15, 0.2) is 47.6 Å². The van der Waals surface area contributed by atoms with Crippen LogP contribution in [0.5, 0.6) is 0 Å². The zero-order chi connectivity index (χ0) is 19.2.